The van der Waals surface area contributed by atoms with Crippen LogP contribution in [0.2, 0.25) is 0 Å². The van der Waals surface area contributed by atoms with Gasteiger partial charge in [0.05, 0.1) is 0 Å². The van der Waals surface area contributed by atoms with Crippen molar-refractivity contribution in [1.29, 1.82) is 0 Å². The number of likely N-dealkylation sites (tertiary alicyclic amines) is 2. The van der Waals surface area contributed by atoms with Crippen molar-refractivity contribution >= 4 is 17.8 Å². The van der Waals surface area contributed by atoms with E-state index in [4.69, 9.17) is 5.11 Å². The summed E-state index contributed by atoms with van der Waals surface area (Å²) in [7, 11) is 0. The van der Waals surface area contributed by atoms with Crippen LogP contribution in [-0.4, -0.2) is 57.9 Å². The molecule has 6 heteroatoms. The number of rotatable bonds is 5. The van der Waals surface area contributed by atoms with Crippen molar-refractivity contribution in [2.75, 3.05) is 19.6 Å². The van der Waals surface area contributed by atoms with Crippen molar-refractivity contribution in [1.82, 2.24) is 9.80 Å². The number of carbonyl (C=O) groups excluding carboxylic acids is 2. The number of piperidine rings is 1. The molecule has 2 atom stereocenters. The van der Waals surface area contributed by atoms with E-state index in [2.05, 4.69) is 0 Å². The van der Waals surface area contributed by atoms with Crippen LogP contribution in [0.5, 0.6) is 0 Å². The maximum absolute atomic E-state index is 13.4. The summed E-state index contributed by atoms with van der Waals surface area (Å²) in [5.74, 6) is -0.657. The number of carboxylic acid groups (broad SMARTS) is 1. The molecular formula is C21H28N2O4. The van der Waals surface area contributed by atoms with Gasteiger partial charge in [-0.3, -0.25) is 14.4 Å². The third-order valence-electron chi connectivity index (χ3n) is 5.94. The molecule has 2 unspecified atom stereocenters. The average molecular weight is 372 g/mol. The first-order valence-corrected chi connectivity index (χ1v) is 9.80. The van der Waals surface area contributed by atoms with Crippen LogP contribution in [0.15, 0.2) is 30.3 Å². The first kappa shape index (κ1) is 19.4. The van der Waals surface area contributed by atoms with E-state index in [0.29, 0.717) is 38.0 Å². The summed E-state index contributed by atoms with van der Waals surface area (Å²) in [5, 5.41) is 8.91. The van der Waals surface area contributed by atoms with Crippen molar-refractivity contribution in [3.05, 3.63) is 35.9 Å². The second kappa shape index (κ2) is 8.11. The fourth-order valence-electron chi connectivity index (χ4n) is 4.40. The molecule has 0 saturated carbocycles. The molecule has 1 aromatic carbocycles. The van der Waals surface area contributed by atoms with Gasteiger partial charge in [0, 0.05) is 31.6 Å². The number of benzene rings is 1. The first-order chi connectivity index (χ1) is 12.9. The van der Waals surface area contributed by atoms with E-state index in [1.807, 2.05) is 30.0 Å². The Morgan fingerprint density at radius 1 is 1.15 bits per heavy atom. The van der Waals surface area contributed by atoms with Gasteiger partial charge >= 0.3 is 5.97 Å². The third-order valence-corrected chi connectivity index (χ3v) is 5.94. The van der Waals surface area contributed by atoms with Gasteiger partial charge in [-0.05, 0) is 57.1 Å². The summed E-state index contributed by atoms with van der Waals surface area (Å²) in [5.41, 5.74) is -0.210. The van der Waals surface area contributed by atoms with Crippen LogP contribution in [0.3, 0.4) is 0 Å². The van der Waals surface area contributed by atoms with E-state index in [-0.39, 0.29) is 24.2 Å². The van der Waals surface area contributed by atoms with Crippen LogP contribution in [0.4, 0.5) is 0 Å². The number of amides is 2. The minimum Gasteiger partial charge on any atom is -0.481 e. The van der Waals surface area contributed by atoms with Gasteiger partial charge in [-0.15, -0.1) is 0 Å². The Hall–Kier alpha value is -2.37. The van der Waals surface area contributed by atoms with E-state index in [1.165, 1.54) is 0 Å². The number of hydrogen-bond acceptors (Lipinski definition) is 3. The van der Waals surface area contributed by atoms with E-state index in [9.17, 15) is 14.4 Å². The Balaban J connectivity index is 1.72. The molecule has 0 aliphatic carbocycles. The number of aliphatic carboxylic acids is 1. The van der Waals surface area contributed by atoms with E-state index < -0.39 is 11.5 Å². The Labute approximate surface area is 160 Å². The fourth-order valence-corrected chi connectivity index (χ4v) is 4.40. The predicted octanol–water partition coefficient (Wildman–Crippen LogP) is 2.78. The number of hydrogen-bond donors (Lipinski definition) is 1. The summed E-state index contributed by atoms with van der Waals surface area (Å²) in [6.07, 6.45) is 4.07. The molecule has 2 heterocycles. The topological polar surface area (TPSA) is 77.9 Å². The van der Waals surface area contributed by atoms with Gasteiger partial charge in [0.1, 0.15) is 5.54 Å². The molecule has 0 spiro atoms. The Morgan fingerprint density at radius 2 is 1.89 bits per heavy atom. The van der Waals surface area contributed by atoms with E-state index in [0.717, 1.165) is 19.3 Å². The van der Waals surface area contributed by atoms with Crippen molar-refractivity contribution in [2.24, 2.45) is 5.92 Å². The molecule has 0 aromatic heterocycles. The quantitative estimate of drug-likeness (QED) is 0.862. The molecule has 0 bridgehead atoms. The Morgan fingerprint density at radius 3 is 2.59 bits per heavy atom. The van der Waals surface area contributed by atoms with Crippen LogP contribution >= 0.6 is 0 Å². The summed E-state index contributed by atoms with van der Waals surface area (Å²) in [6.45, 7) is 3.75. The maximum atomic E-state index is 13.4. The Bertz CT molecular complexity index is 705. The molecule has 146 valence electrons. The molecule has 2 aliphatic rings. The van der Waals surface area contributed by atoms with Gasteiger partial charge in [-0.2, -0.15) is 0 Å². The van der Waals surface area contributed by atoms with Gasteiger partial charge in [0.15, 0.2) is 0 Å². The smallest absolute Gasteiger partial charge is 0.303 e. The van der Waals surface area contributed by atoms with Gasteiger partial charge in [-0.25, -0.2) is 0 Å². The molecule has 1 N–H and O–H groups in total. The number of carboxylic acids is 1. The van der Waals surface area contributed by atoms with Crippen molar-refractivity contribution in [2.45, 2.75) is 51.0 Å². The van der Waals surface area contributed by atoms with Crippen LogP contribution in [0.25, 0.3) is 0 Å². The zero-order valence-corrected chi connectivity index (χ0v) is 15.9. The second-order valence-electron chi connectivity index (χ2n) is 7.89. The van der Waals surface area contributed by atoms with Crippen LogP contribution in [0.1, 0.15) is 55.8 Å². The molecule has 2 saturated heterocycles. The molecule has 1 aromatic rings. The molecule has 6 nitrogen and oxygen atoms in total. The van der Waals surface area contributed by atoms with Crippen LogP contribution in [-0.2, 0) is 9.59 Å². The highest BCUT2D eigenvalue weighted by Gasteiger charge is 2.48. The lowest BCUT2D eigenvalue weighted by Gasteiger charge is -2.41. The molecular weight excluding hydrogens is 344 g/mol. The zero-order chi connectivity index (χ0) is 19.4. The largest absolute Gasteiger partial charge is 0.481 e. The number of carbonyl (C=O) groups is 3. The predicted molar refractivity (Wildman–Crippen MR) is 101 cm³/mol. The lowest BCUT2D eigenvalue weighted by molar-refractivity contribution is -0.142. The third kappa shape index (κ3) is 4.15. The summed E-state index contributed by atoms with van der Waals surface area (Å²) in [6, 6.07) is 9.11. The second-order valence-corrected chi connectivity index (χ2v) is 7.89. The first-order valence-electron chi connectivity index (χ1n) is 9.80. The molecule has 2 fully saturated rings. The molecule has 3 rings (SSSR count). The minimum atomic E-state index is -0.818. The molecule has 0 radical (unpaired) electrons. The fraction of sp³-hybridized carbons (Fsp3) is 0.571. The summed E-state index contributed by atoms with van der Waals surface area (Å²) >= 11 is 0. The van der Waals surface area contributed by atoms with E-state index in [1.54, 1.807) is 17.0 Å². The zero-order valence-electron chi connectivity index (χ0n) is 15.9. The van der Waals surface area contributed by atoms with Crippen molar-refractivity contribution in [3.8, 4) is 0 Å². The van der Waals surface area contributed by atoms with Gasteiger partial charge in [-0.1, -0.05) is 18.2 Å². The normalized spacial score (nSPS) is 25.4. The SMILES string of the molecule is CC1(C(=O)N2CCCC(CCC(=O)O)C2)CCCN1C(=O)c1ccccc1. The van der Waals surface area contributed by atoms with Crippen LogP contribution < -0.4 is 0 Å². The summed E-state index contributed by atoms with van der Waals surface area (Å²) in [4.78, 5) is 40.8. The van der Waals surface area contributed by atoms with E-state index >= 15 is 0 Å². The minimum absolute atomic E-state index is 0.00399. The highest BCUT2D eigenvalue weighted by atomic mass is 16.4. The van der Waals surface area contributed by atoms with Gasteiger partial charge in [0.2, 0.25) is 5.91 Å². The lowest BCUT2D eigenvalue weighted by Crippen LogP contribution is -2.58. The highest BCUT2D eigenvalue weighted by Crippen LogP contribution is 2.34. The summed E-state index contributed by atoms with van der Waals surface area (Å²) < 4.78 is 0. The molecule has 2 aliphatic heterocycles. The molecule has 2 amide bonds. The Kier molecular flexibility index (Phi) is 5.82. The standard InChI is InChI=1S/C21H28N2O4/c1-21(12-6-14-23(21)19(26)17-8-3-2-4-9-17)20(27)22-13-5-7-16(15-22)10-11-18(24)25/h2-4,8-9,16H,5-7,10-15H2,1H3,(H,24,25). The number of nitrogens with zero attached hydrogens (tertiary/aromatic N) is 2. The maximum Gasteiger partial charge on any atom is 0.303 e. The van der Waals surface area contributed by atoms with Crippen molar-refractivity contribution < 1.29 is 19.5 Å². The van der Waals surface area contributed by atoms with Crippen molar-refractivity contribution in [3.63, 3.8) is 0 Å². The van der Waals surface area contributed by atoms with Crippen LogP contribution in [0, 0.1) is 5.92 Å². The van der Waals surface area contributed by atoms with Gasteiger partial charge < -0.3 is 14.9 Å². The monoisotopic (exact) mass is 372 g/mol. The molecule has 27 heavy (non-hydrogen) atoms. The average Bonchev–Trinajstić information content (AvgIpc) is 3.09. The lowest BCUT2D eigenvalue weighted by atomic mass is 9.90. The highest BCUT2D eigenvalue weighted by molar-refractivity contribution is 5.99. The van der Waals surface area contributed by atoms with Gasteiger partial charge in [0.25, 0.3) is 5.91 Å².